The van der Waals surface area contributed by atoms with Crippen molar-refractivity contribution < 1.29 is 24.2 Å². The largest absolute Gasteiger partial charge is 0.481 e. The highest BCUT2D eigenvalue weighted by molar-refractivity contribution is 5.80. The van der Waals surface area contributed by atoms with Crippen LogP contribution >= 0.6 is 0 Å². The van der Waals surface area contributed by atoms with E-state index < -0.39 is 11.9 Å². The van der Waals surface area contributed by atoms with Crippen LogP contribution in [-0.2, 0) is 19.1 Å². The molecular formula is C43H75NO5. The molecule has 0 radical (unpaired) electrons. The molecule has 0 saturated carbocycles. The van der Waals surface area contributed by atoms with Gasteiger partial charge >= 0.3 is 11.9 Å². The Hall–Kier alpha value is -2.63. The third-order valence-electron chi connectivity index (χ3n) is 8.79. The molecule has 1 amide bonds. The van der Waals surface area contributed by atoms with Crippen LogP contribution in [0.1, 0.15) is 194 Å². The third kappa shape index (κ3) is 38.0. The summed E-state index contributed by atoms with van der Waals surface area (Å²) in [6, 6.07) is 0.101. The zero-order valence-electron chi connectivity index (χ0n) is 31.8. The fourth-order valence-electron chi connectivity index (χ4n) is 5.76. The summed E-state index contributed by atoms with van der Waals surface area (Å²) in [5, 5.41) is 11.8. The van der Waals surface area contributed by atoms with Gasteiger partial charge in [-0.3, -0.25) is 14.4 Å². The maximum Gasteiger partial charge on any atom is 0.306 e. The fourth-order valence-corrected chi connectivity index (χ4v) is 5.76. The lowest BCUT2D eigenvalue weighted by molar-refractivity contribution is -0.149. The Morgan fingerprint density at radius 1 is 0.551 bits per heavy atom. The maximum absolute atomic E-state index is 12.6. The van der Waals surface area contributed by atoms with Crippen LogP contribution in [0.4, 0.5) is 0 Å². The lowest BCUT2D eigenvalue weighted by Crippen LogP contribution is -2.37. The zero-order chi connectivity index (χ0) is 35.9. The van der Waals surface area contributed by atoms with Crippen LogP contribution in [0.5, 0.6) is 0 Å². The molecule has 6 heteroatoms. The van der Waals surface area contributed by atoms with Crippen LogP contribution in [0, 0.1) is 0 Å². The minimum Gasteiger partial charge on any atom is -0.481 e. The smallest absolute Gasteiger partial charge is 0.306 e. The van der Waals surface area contributed by atoms with Crippen LogP contribution in [0.15, 0.2) is 48.6 Å². The Bertz CT molecular complexity index is 891. The molecule has 0 rings (SSSR count). The lowest BCUT2D eigenvalue weighted by atomic mass is 9.99. The fraction of sp³-hybridized carbons (Fsp3) is 0.744. The van der Waals surface area contributed by atoms with Crippen LogP contribution in [0.25, 0.3) is 0 Å². The number of unbranched alkanes of at least 4 members (excludes halogenated alkanes) is 18. The van der Waals surface area contributed by atoms with Crippen molar-refractivity contribution in [3.05, 3.63) is 48.6 Å². The summed E-state index contributed by atoms with van der Waals surface area (Å²) in [5.74, 6) is -1.72. The normalized spacial score (nSPS) is 12.5. The van der Waals surface area contributed by atoms with Gasteiger partial charge in [-0.05, 0) is 77.0 Å². The molecule has 0 heterocycles. The molecule has 1 unspecified atom stereocenters. The Kier molecular flexibility index (Phi) is 36.1. The predicted molar refractivity (Wildman–Crippen MR) is 208 cm³/mol. The first-order chi connectivity index (χ1) is 24.0. The van der Waals surface area contributed by atoms with Crippen molar-refractivity contribution in [2.75, 3.05) is 6.61 Å². The summed E-state index contributed by atoms with van der Waals surface area (Å²) in [7, 11) is 0. The first-order valence-corrected chi connectivity index (χ1v) is 20.3. The molecule has 0 aromatic heterocycles. The monoisotopic (exact) mass is 686 g/mol. The molecule has 0 fully saturated rings. The summed E-state index contributed by atoms with van der Waals surface area (Å²) < 4.78 is 5.09. The van der Waals surface area contributed by atoms with Gasteiger partial charge in [0.25, 0.3) is 5.91 Å². The first kappa shape index (κ1) is 46.4. The van der Waals surface area contributed by atoms with Gasteiger partial charge in [-0.15, -0.1) is 0 Å². The quantitative estimate of drug-likeness (QED) is 0.0296. The summed E-state index contributed by atoms with van der Waals surface area (Å²) >= 11 is 0. The Balaban J connectivity index is 4.24. The lowest BCUT2D eigenvalue weighted by Gasteiger charge is -2.19. The number of ether oxygens (including phenoxy) is 1. The molecule has 49 heavy (non-hydrogen) atoms. The van der Waals surface area contributed by atoms with Gasteiger partial charge in [-0.2, -0.15) is 0 Å². The highest BCUT2D eigenvalue weighted by Gasteiger charge is 2.14. The van der Waals surface area contributed by atoms with E-state index in [1.807, 2.05) is 0 Å². The number of aliphatic carboxylic acids is 1. The standard InChI is InChI=1S/C43H75NO5/c1-3-5-7-9-11-13-15-17-19-21-23-25-27-29-31-33-36-40(44-41(45)39-49-43(48)38-34-37-42(46)47)35-32-30-28-26-24-22-20-18-16-14-12-10-8-6-4-2/h11-14,16-19,40H,3-10,15,20-39H2,1-2H3,(H,44,45)(H,46,47)/b13-11-,14-12+,18-16-,19-17-. The van der Waals surface area contributed by atoms with E-state index in [0.29, 0.717) is 0 Å². The number of allylic oxidation sites excluding steroid dienone is 8. The van der Waals surface area contributed by atoms with Gasteiger partial charge in [-0.1, -0.05) is 152 Å². The summed E-state index contributed by atoms with van der Waals surface area (Å²) in [5.41, 5.74) is 0. The van der Waals surface area contributed by atoms with Crippen LogP contribution in [0.3, 0.4) is 0 Å². The molecule has 0 aromatic carbocycles. The van der Waals surface area contributed by atoms with Gasteiger partial charge in [-0.25, -0.2) is 0 Å². The van der Waals surface area contributed by atoms with Crippen molar-refractivity contribution in [3.8, 4) is 0 Å². The van der Waals surface area contributed by atoms with Gasteiger partial charge < -0.3 is 15.2 Å². The Morgan fingerprint density at radius 3 is 1.49 bits per heavy atom. The molecule has 2 N–H and O–H groups in total. The van der Waals surface area contributed by atoms with E-state index in [1.165, 1.54) is 116 Å². The number of carbonyl (C=O) groups is 3. The minimum absolute atomic E-state index is 0.0162. The Labute approximate surface area is 301 Å². The number of rotatable bonds is 36. The number of carboxylic acid groups (broad SMARTS) is 1. The second-order valence-corrected chi connectivity index (χ2v) is 13.6. The van der Waals surface area contributed by atoms with Crippen LogP contribution < -0.4 is 5.32 Å². The molecule has 0 aliphatic rings. The molecule has 282 valence electrons. The van der Waals surface area contributed by atoms with E-state index in [-0.39, 0.29) is 37.8 Å². The van der Waals surface area contributed by atoms with E-state index in [0.717, 1.165) is 44.9 Å². The molecule has 0 aromatic rings. The number of nitrogens with one attached hydrogen (secondary N) is 1. The van der Waals surface area contributed by atoms with Crippen molar-refractivity contribution in [2.24, 2.45) is 0 Å². The number of hydrogen-bond acceptors (Lipinski definition) is 4. The second kappa shape index (κ2) is 38.2. The van der Waals surface area contributed by atoms with Crippen molar-refractivity contribution in [1.82, 2.24) is 5.32 Å². The van der Waals surface area contributed by atoms with Gasteiger partial charge in [0.05, 0.1) is 0 Å². The first-order valence-electron chi connectivity index (χ1n) is 20.3. The average Bonchev–Trinajstić information content (AvgIpc) is 3.08. The molecule has 0 bridgehead atoms. The van der Waals surface area contributed by atoms with Crippen molar-refractivity contribution >= 4 is 17.8 Å². The maximum atomic E-state index is 12.6. The van der Waals surface area contributed by atoms with Gasteiger partial charge in [0.15, 0.2) is 6.61 Å². The highest BCUT2D eigenvalue weighted by Crippen LogP contribution is 2.16. The van der Waals surface area contributed by atoms with Gasteiger partial charge in [0.2, 0.25) is 0 Å². The molecule has 6 nitrogen and oxygen atoms in total. The van der Waals surface area contributed by atoms with Crippen molar-refractivity contribution in [2.45, 2.75) is 200 Å². The van der Waals surface area contributed by atoms with Crippen molar-refractivity contribution in [3.63, 3.8) is 0 Å². The number of hydrogen-bond donors (Lipinski definition) is 2. The molecular weight excluding hydrogens is 610 g/mol. The number of amides is 1. The average molecular weight is 686 g/mol. The topological polar surface area (TPSA) is 92.7 Å². The molecule has 0 saturated heterocycles. The van der Waals surface area contributed by atoms with Gasteiger partial charge in [0, 0.05) is 18.9 Å². The molecule has 1 atom stereocenters. The summed E-state index contributed by atoms with van der Waals surface area (Å²) in [6.45, 7) is 4.18. The number of carboxylic acids is 1. The number of esters is 1. The zero-order valence-corrected chi connectivity index (χ0v) is 31.8. The predicted octanol–water partition coefficient (Wildman–Crippen LogP) is 12.3. The van der Waals surface area contributed by atoms with Crippen molar-refractivity contribution in [1.29, 1.82) is 0 Å². The van der Waals surface area contributed by atoms with E-state index in [2.05, 4.69) is 67.8 Å². The van der Waals surface area contributed by atoms with E-state index >= 15 is 0 Å². The summed E-state index contributed by atoms with van der Waals surface area (Å²) in [6.07, 6.45) is 48.2. The van der Waals surface area contributed by atoms with Crippen LogP contribution in [0.2, 0.25) is 0 Å². The van der Waals surface area contributed by atoms with E-state index in [4.69, 9.17) is 9.84 Å². The van der Waals surface area contributed by atoms with Crippen LogP contribution in [-0.4, -0.2) is 35.6 Å². The summed E-state index contributed by atoms with van der Waals surface area (Å²) in [4.78, 5) is 35.1. The molecule has 0 aliphatic carbocycles. The highest BCUT2D eigenvalue weighted by atomic mass is 16.5. The third-order valence-corrected chi connectivity index (χ3v) is 8.79. The van der Waals surface area contributed by atoms with E-state index in [1.54, 1.807) is 0 Å². The Morgan fingerprint density at radius 2 is 1.00 bits per heavy atom. The van der Waals surface area contributed by atoms with Gasteiger partial charge in [0.1, 0.15) is 0 Å². The number of carbonyl (C=O) groups excluding carboxylic acids is 2. The molecule has 0 spiro atoms. The second-order valence-electron chi connectivity index (χ2n) is 13.6. The van der Waals surface area contributed by atoms with E-state index in [9.17, 15) is 14.4 Å². The minimum atomic E-state index is -0.939. The SMILES string of the molecule is CCCCC/C=C\C/C=C\CCCCCCCCC(CCCCCCCC/C=C\C=C\CCCCC)NC(=O)COC(=O)CCCC(=O)O. The molecule has 0 aliphatic heterocycles.